The van der Waals surface area contributed by atoms with Gasteiger partial charge >= 0.3 is 0 Å². The van der Waals surface area contributed by atoms with E-state index in [0.717, 1.165) is 10.5 Å². The molecule has 0 spiro atoms. The third-order valence-electron chi connectivity index (χ3n) is 1.27. The number of hydrogen-bond donors (Lipinski definition) is 1. The Hall–Kier alpha value is -1.45. The Kier molecular flexibility index (Phi) is 0.631. The van der Waals surface area contributed by atoms with Crippen LogP contribution in [0.3, 0.4) is 0 Å². The summed E-state index contributed by atoms with van der Waals surface area (Å²) in [6.07, 6.45) is 4.83. The molecule has 2 aromatic heterocycles. The van der Waals surface area contributed by atoms with Crippen molar-refractivity contribution in [3.63, 3.8) is 0 Å². The zero-order valence-electron chi connectivity index (χ0n) is 4.61. The van der Waals surface area contributed by atoms with Crippen LogP contribution in [0, 0.1) is 5.21 Å². The molecule has 0 aromatic carbocycles. The minimum Gasteiger partial charge on any atom is -0.596 e. The number of hydrogen-bond acceptors (Lipinski definition) is 1. The molecule has 0 atom stereocenters. The first-order valence-corrected chi connectivity index (χ1v) is 2.62. The van der Waals surface area contributed by atoms with Crippen LogP contribution in [0.1, 0.15) is 0 Å². The Morgan fingerprint density at radius 3 is 3.33 bits per heavy atom. The number of aromatic amines is 1. The summed E-state index contributed by atoms with van der Waals surface area (Å²) >= 11 is 0. The number of rotatable bonds is 0. The van der Waals surface area contributed by atoms with Crippen molar-refractivity contribution in [3.8, 4) is 0 Å². The van der Waals surface area contributed by atoms with Crippen molar-refractivity contribution in [2.45, 2.75) is 0 Å². The summed E-state index contributed by atoms with van der Waals surface area (Å²) in [6, 6.07) is 1.72. The van der Waals surface area contributed by atoms with Gasteiger partial charge in [0.2, 0.25) is 6.20 Å². The highest BCUT2D eigenvalue weighted by molar-refractivity contribution is 5.33. The average molecular weight is 123 g/mol. The third-order valence-corrected chi connectivity index (χ3v) is 1.27. The molecule has 0 radical (unpaired) electrons. The van der Waals surface area contributed by atoms with Crippen LogP contribution in [-0.4, -0.2) is 9.50 Å². The normalized spacial score (nSPS) is 10.7. The Bertz CT molecular complexity index is 321. The Morgan fingerprint density at radius 2 is 2.56 bits per heavy atom. The molecule has 46 valence electrons. The largest absolute Gasteiger partial charge is 0.596 e. The summed E-state index contributed by atoms with van der Waals surface area (Å²) in [5, 5.41) is 10.7. The van der Waals surface area contributed by atoms with E-state index in [2.05, 4.69) is 4.98 Å². The van der Waals surface area contributed by atoms with Gasteiger partial charge in [-0.1, -0.05) is 9.36 Å². The minimum absolute atomic E-state index is 0.756. The molecule has 2 heterocycles. The second kappa shape index (κ2) is 1.28. The second-order valence-electron chi connectivity index (χ2n) is 1.81. The maximum absolute atomic E-state index is 10.7. The van der Waals surface area contributed by atoms with Crippen LogP contribution in [0.4, 0.5) is 0 Å². The van der Waals surface area contributed by atoms with Crippen molar-refractivity contribution in [1.29, 1.82) is 0 Å². The van der Waals surface area contributed by atoms with Gasteiger partial charge in [-0.15, -0.1) is 0 Å². The molecular formula is C5H5N3O. The summed E-state index contributed by atoms with van der Waals surface area (Å²) in [5.41, 5.74) is 0.810. The topological polar surface area (TPSA) is 47.1 Å². The molecule has 9 heavy (non-hydrogen) atoms. The van der Waals surface area contributed by atoms with Gasteiger partial charge in [0.1, 0.15) is 0 Å². The quantitative estimate of drug-likeness (QED) is 0.386. The van der Waals surface area contributed by atoms with E-state index in [0.29, 0.717) is 0 Å². The first-order chi connectivity index (χ1) is 4.38. The molecule has 0 saturated heterocycles. The molecule has 2 rings (SSSR count). The molecule has 0 aliphatic heterocycles. The molecule has 0 bridgehead atoms. The van der Waals surface area contributed by atoms with Gasteiger partial charge in [-0.05, 0) is 0 Å². The van der Waals surface area contributed by atoms with Crippen molar-refractivity contribution < 1.29 is 4.85 Å². The molecule has 0 amide bonds. The van der Waals surface area contributed by atoms with Crippen LogP contribution in [-0.2, 0) is 0 Å². The lowest BCUT2D eigenvalue weighted by Gasteiger charge is -1.86. The number of imidazole rings is 1. The van der Waals surface area contributed by atoms with Crippen molar-refractivity contribution >= 4 is 5.65 Å². The van der Waals surface area contributed by atoms with Gasteiger partial charge in [-0.25, -0.2) is 0 Å². The first-order valence-electron chi connectivity index (χ1n) is 2.62. The smallest absolute Gasteiger partial charge is 0.211 e. The highest BCUT2D eigenvalue weighted by Gasteiger charge is 1.98. The standard InChI is InChI=1S/C5H5N3O/c9-8-3-1-5-6-2-4-7(5)8/h1-4,6H. The molecular weight excluding hydrogens is 118 g/mol. The van der Waals surface area contributed by atoms with E-state index in [1.165, 1.54) is 10.7 Å². The number of nitrogens with zero attached hydrogens (tertiary/aromatic N) is 2. The fourth-order valence-electron chi connectivity index (χ4n) is 0.842. The van der Waals surface area contributed by atoms with E-state index in [9.17, 15) is 5.21 Å². The number of fused-ring (bicyclic) bond motifs is 1. The second-order valence-corrected chi connectivity index (χ2v) is 1.81. The zero-order valence-corrected chi connectivity index (χ0v) is 4.61. The summed E-state index contributed by atoms with van der Waals surface area (Å²) in [6.45, 7) is 0. The van der Waals surface area contributed by atoms with Crippen LogP contribution < -0.4 is 4.85 Å². The van der Waals surface area contributed by atoms with Gasteiger partial charge in [0.05, 0.1) is 12.3 Å². The molecule has 4 nitrogen and oxygen atoms in total. The van der Waals surface area contributed by atoms with Crippen LogP contribution >= 0.6 is 0 Å². The van der Waals surface area contributed by atoms with Gasteiger partial charge in [0, 0.05) is 6.20 Å². The summed E-state index contributed by atoms with van der Waals surface area (Å²) < 4.78 is 1.47. The van der Waals surface area contributed by atoms with Gasteiger partial charge in [0.25, 0.3) is 0 Å². The van der Waals surface area contributed by atoms with E-state index >= 15 is 0 Å². The van der Waals surface area contributed by atoms with Gasteiger partial charge in [-0.3, -0.25) is 0 Å². The lowest BCUT2D eigenvalue weighted by molar-refractivity contribution is -0.676. The molecule has 0 saturated carbocycles. The molecule has 4 heteroatoms. The lowest BCUT2D eigenvalue weighted by atomic mass is 10.7. The monoisotopic (exact) mass is 123 g/mol. The number of aromatic nitrogens is 3. The maximum atomic E-state index is 10.7. The summed E-state index contributed by atoms with van der Waals surface area (Å²) in [5.74, 6) is 0. The maximum Gasteiger partial charge on any atom is 0.211 e. The van der Waals surface area contributed by atoms with Gasteiger partial charge in [0.15, 0.2) is 5.65 Å². The highest BCUT2D eigenvalue weighted by Crippen LogP contribution is 1.92. The van der Waals surface area contributed by atoms with Crippen molar-refractivity contribution in [2.75, 3.05) is 0 Å². The van der Waals surface area contributed by atoms with E-state index in [1.807, 2.05) is 0 Å². The van der Waals surface area contributed by atoms with Gasteiger partial charge < -0.3 is 10.2 Å². The molecule has 1 N–H and O–H groups in total. The van der Waals surface area contributed by atoms with Crippen LogP contribution in [0.25, 0.3) is 5.65 Å². The fraction of sp³-hybridized carbons (Fsp3) is 0. The Labute approximate surface area is 50.9 Å². The van der Waals surface area contributed by atoms with E-state index in [-0.39, 0.29) is 0 Å². The minimum atomic E-state index is 0.756. The molecule has 0 aliphatic carbocycles. The molecule has 0 fully saturated rings. The van der Waals surface area contributed by atoms with E-state index in [1.54, 1.807) is 18.5 Å². The fourth-order valence-corrected chi connectivity index (χ4v) is 0.842. The molecule has 0 unspecified atom stereocenters. The van der Waals surface area contributed by atoms with Crippen LogP contribution in [0.2, 0.25) is 0 Å². The third kappa shape index (κ3) is 0.440. The predicted molar refractivity (Wildman–Crippen MR) is 30.7 cm³/mol. The Balaban J connectivity index is 2.99. The Morgan fingerprint density at radius 1 is 1.67 bits per heavy atom. The molecule has 0 aliphatic rings. The van der Waals surface area contributed by atoms with Gasteiger partial charge in [-0.2, -0.15) is 0 Å². The lowest BCUT2D eigenvalue weighted by Crippen LogP contribution is -2.30. The number of nitrogens with one attached hydrogen (secondary N) is 1. The van der Waals surface area contributed by atoms with Crippen LogP contribution in [0.5, 0.6) is 0 Å². The summed E-state index contributed by atoms with van der Waals surface area (Å²) in [4.78, 5) is 3.64. The SMILES string of the molecule is [O-][n+]1ccc2[nH]ccn21. The van der Waals surface area contributed by atoms with Crippen LogP contribution in [0.15, 0.2) is 24.7 Å². The summed E-state index contributed by atoms with van der Waals surface area (Å²) in [7, 11) is 0. The predicted octanol–water partition coefficient (Wildman–Crippen LogP) is -0.0992. The first kappa shape index (κ1) is 4.43. The van der Waals surface area contributed by atoms with Crippen molar-refractivity contribution in [3.05, 3.63) is 29.9 Å². The molecule has 2 aromatic rings. The zero-order chi connectivity index (χ0) is 6.27. The number of H-pyrrole nitrogens is 1. The highest BCUT2D eigenvalue weighted by atomic mass is 16.5. The van der Waals surface area contributed by atoms with E-state index < -0.39 is 0 Å². The van der Waals surface area contributed by atoms with E-state index in [4.69, 9.17) is 0 Å². The average Bonchev–Trinajstić information content (AvgIpc) is 2.35. The van der Waals surface area contributed by atoms with Crippen molar-refractivity contribution in [1.82, 2.24) is 9.50 Å². The van der Waals surface area contributed by atoms with Crippen molar-refractivity contribution in [2.24, 2.45) is 0 Å².